The molecule has 0 saturated carbocycles. The molecule has 1 fully saturated rings. The molecule has 1 saturated heterocycles. The summed E-state index contributed by atoms with van der Waals surface area (Å²) in [5.41, 5.74) is 0.199. The van der Waals surface area contributed by atoms with E-state index in [-0.39, 0.29) is 52.9 Å². The fourth-order valence-electron chi connectivity index (χ4n) is 2.39. The van der Waals surface area contributed by atoms with Crippen LogP contribution in [0.25, 0.3) is 0 Å². The van der Waals surface area contributed by atoms with E-state index in [1.54, 1.807) is 4.90 Å². The molecule has 0 aromatic carbocycles. The van der Waals surface area contributed by atoms with Crippen molar-refractivity contribution >= 4 is 35.0 Å². The molecule has 0 aliphatic carbocycles. The van der Waals surface area contributed by atoms with Gasteiger partial charge in [0.25, 0.3) is 0 Å². The number of anilines is 1. The van der Waals surface area contributed by atoms with Crippen LogP contribution in [-0.4, -0.2) is 35.1 Å². The van der Waals surface area contributed by atoms with Gasteiger partial charge < -0.3 is 10.0 Å². The van der Waals surface area contributed by atoms with Gasteiger partial charge in [-0.25, -0.2) is 18.6 Å². The van der Waals surface area contributed by atoms with E-state index in [9.17, 15) is 18.7 Å². The largest absolute Gasteiger partial charge is 0.478 e. The summed E-state index contributed by atoms with van der Waals surface area (Å²) in [7, 11) is 0. The van der Waals surface area contributed by atoms with Crippen molar-refractivity contribution in [3.05, 3.63) is 21.3 Å². The molecule has 2 rings (SSSR count). The molecule has 0 spiro atoms. The molecule has 1 N–H and O–H groups in total. The van der Waals surface area contributed by atoms with Gasteiger partial charge in [0.15, 0.2) is 0 Å². The Morgan fingerprint density at radius 1 is 1.33 bits per heavy atom. The van der Waals surface area contributed by atoms with Crippen LogP contribution in [-0.2, 0) is 0 Å². The molecule has 21 heavy (non-hydrogen) atoms. The lowest BCUT2D eigenvalue weighted by molar-refractivity contribution is -0.0102. The summed E-state index contributed by atoms with van der Waals surface area (Å²) in [6.45, 7) is 1.85. The average molecular weight is 339 g/mol. The first-order valence-electron chi connectivity index (χ1n) is 6.44. The zero-order chi connectivity index (χ0) is 15.8. The Morgan fingerprint density at radius 2 is 2.00 bits per heavy atom. The Hall–Kier alpha value is -1.14. The molecule has 0 unspecified atom stereocenters. The highest BCUT2D eigenvalue weighted by Crippen LogP contribution is 2.35. The minimum absolute atomic E-state index is 0.0230. The number of aromatic nitrogens is 1. The number of alkyl halides is 2. The lowest BCUT2D eigenvalue weighted by Crippen LogP contribution is -2.29. The molecule has 1 aliphatic heterocycles. The molecule has 1 aromatic heterocycles. The Kier molecular flexibility index (Phi) is 4.58. The van der Waals surface area contributed by atoms with E-state index in [2.05, 4.69) is 4.98 Å². The van der Waals surface area contributed by atoms with Crippen LogP contribution in [0.1, 0.15) is 35.2 Å². The number of carbonyl (C=O) groups is 1. The van der Waals surface area contributed by atoms with Crippen LogP contribution < -0.4 is 4.90 Å². The molecule has 116 valence electrons. The minimum atomic E-state index is -2.73. The van der Waals surface area contributed by atoms with E-state index < -0.39 is 11.9 Å². The van der Waals surface area contributed by atoms with Crippen molar-refractivity contribution in [3.63, 3.8) is 0 Å². The third-order valence-electron chi connectivity index (χ3n) is 3.54. The molecule has 8 heteroatoms. The molecule has 0 amide bonds. The second-order valence-electron chi connectivity index (χ2n) is 5.04. The Bertz CT molecular complexity index is 582. The number of carboxylic acids is 1. The van der Waals surface area contributed by atoms with Gasteiger partial charge >= 0.3 is 5.97 Å². The number of pyridine rings is 1. The quantitative estimate of drug-likeness (QED) is 0.827. The van der Waals surface area contributed by atoms with Crippen LogP contribution in [0.2, 0.25) is 10.2 Å². The van der Waals surface area contributed by atoms with Gasteiger partial charge in [-0.3, -0.25) is 0 Å². The number of carboxylic acid groups (broad SMARTS) is 1. The molecule has 1 aliphatic rings. The topological polar surface area (TPSA) is 53.4 Å². The zero-order valence-corrected chi connectivity index (χ0v) is 12.8. The van der Waals surface area contributed by atoms with Crippen LogP contribution in [0.5, 0.6) is 0 Å². The highest BCUT2D eigenvalue weighted by atomic mass is 35.5. The number of hydrogen-bond acceptors (Lipinski definition) is 3. The maximum atomic E-state index is 13.4. The molecular weight excluding hydrogens is 325 g/mol. The highest BCUT2D eigenvalue weighted by molar-refractivity contribution is 6.42. The predicted molar refractivity (Wildman–Crippen MR) is 77.0 cm³/mol. The number of rotatable bonds is 2. The van der Waals surface area contributed by atoms with Crippen molar-refractivity contribution in [1.29, 1.82) is 0 Å². The van der Waals surface area contributed by atoms with Crippen LogP contribution in [0.4, 0.5) is 14.6 Å². The summed E-state index contributed by atoms with van der Waals surface area (Å²) in [4.78, 5) is 17.0. The van der Waals surface area contributed by atoms with Crippen molar-refractivity contribution in [2.24, 2.45) is 0 Å². The zero-order valence-electron chi connectivity index (χ0n) is 11.3. The van der Waals surface area contributed by atoms with E-state index in [1.807, 2.05) is 0 Å². The van der Waals surface area contributed by atoms with Gasteiger partial charge in [-0.1, -0.05) is 23.2 Å². The third-order valence-corrected chi connectivity index (χ3v) is 4.38. The van der Waals surface area contributed by atoms with E-state index in [0.29, 0.717) is 6.54 Å². The van der Waals surface area contributed by atoms with Gasteiger partial charge in [0.2, 0.25) is 5.92 Å². The monoisotopic (exact) mass is 338 g/mol. The fraction of sp³-hybridized carbons (Fsp3) is 0.538. The summed E-state index contributed by atoms with van der Waals surface area (Å²) in [5.74, 6) is -3.83. The molecule has 2 heterocycles. The van der Waals surface area contributed by atoms with Crippen LogP contribution in [0, 0.1) is 6.92 Å². The summed E-state index contributed by atoms with van der Waals surface area (Å²) in [6, 6.07) is 0. The van der Waals surface area contributed by atoms with E-state index >= 15 is 0 Å². The van der Waals surface area contributed by atoms with Crippen molar-refractivity contribution in [3.8, 4) is 0 Å². The lowest BCUT2D eigenvalue weighted by Gasteiger charge is -2.24. The maximum absolute atomic E-state index is 13.4. The SMILES string of the molecule is Cc1c(Cl)c(Cl)nc(N2CCCC(F)(F)CC2)c1C(=O)O. The van der Waals surface area contributed by atoms with E-state index in [4.69, 9.17) is 23.2 Å². The second kappa shape index (κ2) is 5.93. The predicted octanol–water partition coefficient (Wildman–Crippen LogP) is 4.02. The number of halogens is 4. The molecule has 0 radical (unpaired) electrons. The van der Waals surface area contributed by atoms with Crippen LogP contribution in [0.15, 0.2) is 0 Å². The van der Waals surface area contributed by atoms with Gasteiger partial charge in [0.1, 0.15) is 16.5 Å². The number of nitrogens with zero attached hydrogens (tertiary/aromatic N) is 2. The average Bonchev–Trinajstić information content (AvgIpc) is 2.56. The van der Waals surface area contributed by atoms with Crippen molar-refractivity contribution < 1.29 is 18.7 Å². The minimum Gasteiger partial charge on any atom is -0.478 e. The van der Waals surface area contributed by atoms with E-state index in [0.717, 1.165) is 0 Å². The molecular formula is C13H14Cl2F2N2O2. The Morgan fingerprint density at radius 3 is 2.62 bits per heavy atom. The Labute approximate surface area is 130 Å². The number of hydrogen-bond donors (Lipinski definition) is 1. The lowest BCUT2D eigenvalue weighted by atomic mass is 10.1. The smallest absolute Gasteiger partial charge is 0.339 e. The normalized spacial score (nSPS) is 18.4. The van der Waals surface area contributed by atoms with Gasteiger partial charge in [0.05, 0.1) is 5.02 Å². The van der Waals surface area contributed by atoms with Crippen molar-refractivity contribution in [2.45, 2.75) is 32.1 Å². The van der Waals surface area contributed by atoms with Gasteiger partial charge in [0, 0.05) is 25.9 Å². The standard InChI is InChI=1S/C13H14Cl2F2N2O2/c1-7-8(12(20)21)11(18-10(15)9(7)14)19-5-2-3-13(16,17)4-6-19/h2-6H2,1H3,(H,20,21). The highest BCUT2D eigenvalue weighted by Gasteiger charge is 2.33. The van der Waals surface area contributed by atoms with Crippen LogP contribution >= 0.6 is 23.2 Å². The summed E-state index contributed by atoms with van der Waals surface area (Å²) in [5, 5.41) is 9.39. The number of aromatic carboxylic acids is 1. The van der Waals surface area contributed by atoms with Gasteiger partial charge in [-0.15, -0.1) is 0 Å². The Balaban J connectivity index is 2.46. The summed E-state index contributed by atoms with van der Waals surface area (Å²) >= 11 is 11.8. The second-order valence-corrected chi connectivity index (χ2v) is 5.78. The molecule has 1 aromatic rings. The van der Waals surface area contributed by atoms with Crippen LogP contribution in [0.3, 0.4) is 0 Å². The first kappa shape index (κ1) is 16.2. The van der Waals surface area contributed by atoms with Gasteiger partial charge in [-0.2, -0.15) is 0 Å². The molecule has 0 bridgehead atoms. The fourth-order valence-corrected chi connectivity index (χ4v) is 2.75. The summed E-state index contributed by atoms with van der Waals surface area (Å²) in [6.07, 6.45) is -0.299. The molecule has 0 atom stereocenters. The van der Waals surface area contributed by atoms with Gasteiger partial charge in [-0.05, 0) is 18.9 Å². The summed E-state index contributed by atoms with van der Waals surface area (Å²) < 4.78 is 26.8. The maximum Gasteiger partial charge on any atom is 0.339 e. The molecule has 4 nitrogen and oxygen atoms in total. The van der Waals surface area contributed by atoms with Crippen molar-refractivity contribution in [2.75, 3.05) is 18.0 Å². The van der Waals surface area contributed by atoms with Crippen molar-refractivity contribution in [1.82, 2.24) is 4.98 Å². The first-order chi connectivity index (χ1) is 9.73. The first-order valence-corrected chi connectivity index (χ1v) is 7.20. The third kappa shape index (κ3) is 3.37. The van der Waals surface area contributed by atoms with E-state index in [1.165, 1.54) is 6.92 Å².